The Hall–Kier alpha value is -2.40. The van der Waals surface area contributed by atoms with Crippen molar-refractivity contribution in [1.29, 1.82) is 0 Å². The number of hydrazone groups is 2. The number of aromatic hydroxyl groups is 2. The maximum absolute atomic E-state index is 13.1. The van der Waals surface area contributed by atoms with E-state index in [0.29, 0.717) is 18.0 Å². The first-order chi connectivity index (χ1) is 21.6. The zero-order chi connectivity index (χ0) is 33.8. The second kappa shape index (κ2) is 17.5. The van der Waals surface area contributed by atoms with E-state index in [4.69, 9.17) is 0 Å². The second-order valence-electron chi connectivity index (χ2n) is 9.17. The van der Waals surface area contributed by atoms with E-state index in [1.54, 1.807) is 30.3 Å². The number of hydrogen-bond donors (Lipinski definition) is 5. The molecular formula is C27H19Br2N5Na2O10S2. The summed E-state index contributed by atoms with van der Waals surface area (Å²) in [6.45, 7) is 0. The van der Waals surface area contributed by atoms with Gasteiger partial charge in [-0.2, -0.15) is 10.2 Å². The minimum Gasteiger partial charge on any atom is -0.744 e. The summed E-state index contributed by atoms with van der Waals surface area (Å²) in [6.07, 6.45) is 1.75. The van der Waals surface area contributed by atoms with Crippen molar-refractivity contribution in [1.82, 2.24) is 10.9 Å². The predicted octanol–water partition coefficient (Wildman–Crippen LogP) is -3.33. The standard InChI is InChI=1S/C27H21Br2N5O10S2.2Na/c28-20-10-17(24(35)22(29)25(20)36)13-31-34-27(38)23(32-18-7-5-14-3-1-2-4-15(14)9-18)26(37)33-30-12-16-6-8-19(45(39,40)41)11-21(16)46(42,43)44;;/h1-13,23,32,35-36H,(H,33,37)(H,34,38)(H,39,40,41)(H,42,43,44);;/q;2*+1/p-2/b30-12+,31-13+;;. The molecule has 0 bridgehead atoms. The molecule has 0 fully saturated rings. The van der Waals surface area contributed by atoms with Gasteiger partial charge in [-0.05, 0) is 73.0 Å². The van der Waals surface area contributed by atoms with Gasteiger partial charge in [0.15, 0.2) is 6.04 Å². The number of halogens is 2. The van der Waals surface area contributed by atoms with Crippen molar-refractivity contribution in [2.24, 2.45) is 10.2 Å². The van der Waals surface area contributed by atoms with Crippen LogP contribution in [0.15, 0.2) is 95.7 Å². The number of nitrogens with one attached hydrogen (secondary N) is 3. The summed E-state index contributed by atoms with van der Waals surface area (Å²) < 4.78 is 69.1. The Kier molecular flexibility index (Phi) is 15.2. The number of fused-ring (bicyclic) bond motifs is 1. The molecule has 1 unspecified atom stereocenters. The summed E-state index contributed by atoms with van der Waals surface area (Å²) in [6, 6.07) is 13.8. The Labute approximate surface area is 334 Å². The molecule has 1 atom stereocenters. The van der Waals surface area contributed by atoms with Gasteiger partial charge in [0.1, 0.15) is 36.2 Å². The van der Waals surface area contributed by atoms with Gasteiger partial charge in [0.05, 0.1) is 26.7 Å². The molecule has 0 aliphatic heterocycles. The van der Waals surface area contributed by atoms with Gasteiger partial charge < -0.3 is 24.6 Å². The molecule has 0 spiro atoms. The van der Waals surface area contributed by atoms with E-state index in [0.717, 1.165) is 29.1 Å². The fourth-order valence-corrected chi connectivity index (χ4v) is 6.27. The van der Waals surface area contributed by atoms with Gasteiger partial charge in [0.2, 0.25) is 0 Å². The van der Waals surface area contributed by atoms with E-state index in [1.165, 1.54) is 6.07 Å². The van der Waals surface area contributed by atoms with Gasteiger partial charge >= 0.3 is 59.1 Å². The largest absolute Gasteiger partial charge is 1.00 e. The normalized spacial score (nSPS) is 12.2. The molecule has 5 N–H and O–H groups in total. The Morgan fingerprint density at radius 2 is 1.33 bits per heavy atom. The number of rotatable bonds is 10. The first-order valence-corrected chi connectivity index (χ1v) is 16.8. The third-order valence-electron chi connectivity index (χ3n) is 6.08. The smallest absolute Gasteiger partial charge is 0.744 e. The third kappa shape index (κ3) is 10.6. The molecular weight excluding hydrogens is 824 g/mol. The Morgan fingerprint density at radius 3 is 1.92 bits per heavy atom. The van der Waals surface area contributed by atoms with Crippen molar-refractivity contribution in [3.63, 3.8) is 0 Å². The van der Waals surface area contributed by atoms with Crippen LogP contribution >= 0.6 is 31.9 Å². The number of benzene rings is 4. The van der Waals surface area contributed by atoms with Crippen molar-refractivity contribution >= 4 is 92.8 Å². The van der Waals surface area contributed by atoms with E-state index in [1.807, 2.05) is 17.6 Å². The maximum Gasteiger partial charge on any atom is 1.00 e. The van der Waals surface area contributed by atoms with Crippen LogP contribution in [0.4, 0.5) is 5.69 Å². The van der Waals surface area contributed by atoms with Crippen LogP contribution in [-0.4, -0.2) is 66.4 Å². The minimum absolute atomic E-state index is 0. The first kappa shape index (κ1) is 41.8. The predicted molar refractivity (Wildman–Crippen MR) is 170 cm³/mol. The number of anilines is 1. The first-order valence-electron chi connectivity index (χ1n) is 12.4. The SMILES string of the molecule is O=C(N/N=C/c1ccc(S(=O)(=O)[O-])cc1S(=O)(=O)[O-])C(Nc1ccc2ccccc2c1)C(=O)N/N=C/c1cc(Br)c(O)c(Br)c1O.[Na+].[Na+]. The maximum atomic E-state index is 13.1. The molecule has 2 amide bonds. The number of carbonyl (C=O) groups is 2. The van der Waals surface area contributed by atoms with Gasteiger partial charge in [-0.25, -0.2) is 27.7 Å². The molecule has 15 nitrogen and oxygen atoms in total. The van der Waals surface area contributed by atoms with Crippen LogP contribution in [0.2, 0.25) is 0 Å². The summed E-state index contributed by atoms with van der Waals surface area (Å²) >= 11 is 6.13. The number of phenolic OH excluding ortho intramolecular Hbond substituents is 2. The van der Waals surface area contributed by atoms with E-state index in [2.05, 4.69) is 52.8 Å². The number of hydrogen-bond acceptors (Lipinski definition) is 13. The molecule has 240 valence electrons. The van der Waals surface area contributed by atoms with E-state index in [9.17, 15) is 45.7 Å². The molecule has 4 aromatic carbocycles. The molecule has 0 radical (unpaired) electrons. The van der Waals surface area contributed by atoms with Crippen molar-refractivity contribution in [2.45, 2.75) is 15.8 Å². The second-order valence-corrected chi connectivity index (χ2v) is 13.5. The third-order valence-corrected chi connectivity index (χ3v) is 9.16. The van der Waals surface area contributed by atoms with Crippen LogP contribution in [0.3, 0.4) is 0 Å². The van der Waals surface area contributed by atoms with Crippen LogP contribution in [0.5, 0.6) is 11.5 Å². The van der Waals surface area contributed by atoms with E-state index >= 15 is 0 Å². The van der Waals surface area contributed by atoms with Crippen LogP contribution < -0.4 is 75.3 Å². The number of nitrogens with zero attached hydrogens (tertiary/aromatic N) is 2. The molecule has 0 heterocycles. The van der Waals surface area contributed by atoms with Gasteiger partial charge in [-0.3, -0.25) is 9.59 Å². The zero-order valence-electron chi connectivity index (χ0n) is 24.7. The van der Waals surface area contributed by atoms with Crippen molar-refractivity contribution in [2.75, 3.05) is 5.32 Å². The summed E-state index contributed by atoms with van der Waals surface area (Å²) in [7, 11) is -10.4. The van der Waals surface area contributed by atoms with E-state index < -0.39 is 59.2 Å². The fraction of sp³-hybridized carbons (Fsp3) is 0.0370. The van der Waals surface area contributed by atoms with Crippen LogP contribution in [0.1, 0.15) is 11.1 Å². The Bertz CT molecular complexity index is 2150. The molecule has 0 aliphatic carbocycles. The van der Waals surface area contributed by atoms with Gasteiger partial charge in [-0.15, -0.1) is 0 Å². The van der Waals surface area contributed by atoms with E-state index in [-0.39, 0.29) is 79.4 Å². The summed E-state index contributed by atoms with van der Waals surface area (Å²) in [5.41, 5.74) is 4.13. The molecule has 4 aromatic rings. The average Bonchev–Trinajstić information content (AvgIpc) is 3.00. The summed E-state index contributed by atoms with van der Waals surface area (Å²) in [5, 5.41) is 31.9. The van der Waals surface area contributed by atoms with Gasteiger partial charge in [-0.1, -0.05) is 36.4 Å². The molecule has 21 heteroatoms. The molecule has 4 rings (SSSR count). The zero-order valence-corrected chi connectivity index (χ0v) is 33.5. The molecule has 0 aromatic heterocycles. The van der Waals surface area contributed by atoms with Gasteiger partial charge in [0, 0.05) is 16.8 Å². The fourth-order valence-electron chi connectivity index (χ4n) is 3.86. The molecule has 48 heavy (non-hydrogen) atoms. The van der Waals surface area contributed by atoms with Gasteiger partial charge in [0.25, 0.3) is 11.8 Å². The molecule has 0 saturated carbocycles. The Morgan fingerprint density at radius 1 is 0.750 bits per heavy atom. The Balaban J connectivity index is 0.00000400. The molecule has 0 aliphatic rings. The van der Waals surface area contributed by atoms with Crippen LogP contribution in [0, 0.1) is 0 Å². The van der Waals surface area contributed by atoms with Crippen molar-refractivity contribution in [3.05, 3.63) is 86.8 Å². The van der Waals surface area contributed by atoms with Crippen LogP contribution in [-0.2, 0) is 29.8 Å². The van der Waals surface area contributed by atoms with Crippen molar-refractivity contribution in [3.8, 4) is 11.5 Å². The minimum atomic E-state index is -5.29. The van der Waals surface area contributed by atoms with Crippen molar-refractivity contribution < 1.29 is 105 Å². The number of carbonyl (C=O) groups excluding carboxylic acids is 2. The number of amides is 2. The summed E-state index contributed by atoms with van der Waals surface area (Å²) in [5.74, 6) is -2.76. The quantitative estimate of drug-likeness (QED) is 0.0348. The molecule has 0 saturated heterocycles. The monoisotopic (exact) mass is 841 g/mol. The van der Waals surface area contributed by atoms with Crippen LogP contribution in [0.25, 0.3) is 10.8 Å². The topological polar surface area (TPSA) is 250 Å². The number of phenols is 2. The average molecular weight is 843 g/mol. The summed E-state index contributed by atoms with van der Waals surface area (Å²) in [4.78, 5) is 24.2.